The fourth-order valence-corrected chi connectivity index (χ4v) is 4.40. The highest BCUT2D eigenvalue weighted by atomic mass is 19.1. The van der Waals surface area contributed by atoms with Crippen molar-refractivity contribution >= 4 is 34.7 Å². The van der Waals surface area contributed by atoms with E-state index in [2.05, 4.69) is 48.7 Å². The number of rotatable bonds is 5. The highest BCUT2D eigenvalue weighted by Gasteiger charge is 2.25. The molecular formula is C24H26FN9O. The second-order valence-electron chi connectivity index (χ2n) is 8.81. The number of pyridine rings is 1. The number of halogens is 1. The number of aromatic amines is 1. The van der Waals surface area contributed by atoms with Gasteiger partial charge in [-0.05, 0) is 25.1 Å². The molecule has 3 N–H and O–H groups in total. The largest absolute Gasteiger partial charge is 0.353 e. The van der Waals surface area contributed by atoms with E-state index in [1.165, 1.54) is 6.07 Å². The van der Waals surface area contributed by atoms with Gasteiger partial charge in [-0.15, -0.1) is 0 Å². The van der Waals surface area contributed by atoms with E-state index in [1.807, 2.05) is 12.1 Å². The summed E-state index contributed by atoms with van der Waals surface area (Å²) in [5.41, 5.74) is 2.54. The first-order chi connectivity index (χ1) is 16.9. The van der Waals surface area contributed by atoms with Crippen molar-refractivity contribution in [3.05, 3.63) is 53.0 Å². The highest BCUT2D eigenvalue weighted by molar-refractivity contribution is 6.02. The molecule has 1 saturated heterocycles. The Bertz CT molecular complexity index is 1310. The summed E-state index contributed by atoms with van der Waals surface area (Å²) in [4.78, 5) is 22.8. The number of carbonyl (C=O) groups excluding carboxylic acids is 1. The van der Waals surface area contributed by atoms with Gasteiger partial charge in [0.1, 0.15) is 23.3 Å². The maximum atomic E-state index is 14.7. The van der Waals surface area contributed by atoms with Gasteiger partial charge in [-0.2, -0.15) is 10.4 Å². The molecule has 5 rings (SSSR count). The lowest BCUT2D eigenvalue weighted by atomic mass is 9.97. The number of nitriles is 1. The van der Waals surface area contributed by atoms with Gasteiger partial charge in [0.05, 0.1) is 23.1 Å². The van der Waals surface area contributed by atoms with E-state index >= 15 is 0 Å². The van der Waals surface area contributed by atoms with Crippen LogP contribution in [0.2, 0.25) is 0 Å². The summed E-state index contributed by atoms with van der Waals surface area (Å²) >= 11 is 0. The molecule has 2 aromatic heterocycles. The van der Waals surface area contributed by atoms with Gasteiger partial charge in [-0.25, -0.2) is 9.37 Å². The minimum Gasteiger partial charge on any atom is -0.353 e. The maximum absolute atomic E-state index is 14.7. The number of amides is 1. The van der Waals surface area contributed by atoms with Crippen molar-refractivity contribution < 1.29 is 9.18 Å². The summed E-state index contributed by atoms with van der Waals surface area (Å²) in [5, 5.41) is 23.1. The summed E-state index contributed by atoms with van der Waals surface area (Å²) in [7, 11) is 3.82. The average molecular weight is 476 g/mol. The van der Waals surface area contributed by atoms with Crippen LogP contribution in [0, 0.1) is 17.1 Å². The Kier molecular flexibility index (Phi) is 5.96. The third-order valence-electron chi connectivity index (χ3n) is 6.48. The number of anilines is 5. The molecule has 0 radical (unpaired) electrons. The number of hydrogen-bond donors (Lipinski definition) is 3. The van der Waals surface area contributed by atoms with Crippen LogP contribution in [0.5, 0.6) is 0 Å². The van der Waals surface area contributed by atoms with Crippen molar-refractivity contribution in [3.63, 3.8) is 0 Å². The van der Waals surface area contributed by atoms with E-state index in [0.717, 1.165) is 44.4 Å². The Labute approximate surface area is 202 Å². The molecule has 0 aliphatic carbocycles. The van der Waals surface area contributed by atoms with Crippen molar-refractivity contribution in [1.82, 2.24) is 25.0 Å². The van der Waals surface area contributed by atoms with Crippen molar-refractivity contribution in [1.29, 1.82) is 5.26 Å². The van der Waals surface area contributed by atoms with Crippen LogP contribution >= 0.6 is 0 Å². The quantitative estimate of drug-likeness (QED) is 0.516. The lowest BCUT2D eigenvalue weighted by molar-refractivity contribution is 0.0782. The molecule has 0 atom stereocenters. The summed E-state index contributed by atoms with van der Waals surface area (Å²) < 4.78 is 14.7. The van der Waals surface area contributed by atoms with Crippen molar-refractivity contribution in [2.45, 2.75) is 6.42 Å². The van der Waals surface area contributed by atoms with E-state index in [-0.39, 0.29) is 11.6 Å². The SMILES string of the molecule is CN1CCN(c2[nH]nc(Nc3cc(Nc4cccc5c4C(=O)N(C)CC5)c(F)cn3)c2C#N)CC1. The zero-order chi connectivity index (χ0) is 24.5. The van der Waals surface area contributed by atoms with Crippen LogP contribution in [0.4, 0.5) is 33.2 Å². The first kappa shape index (κ1) is 22.6. The topological polar surface area (TPSA) is 116 Å². The number of nitrogens with zero attached hydrogens (tertiary/aromatic N) is 6. The van der Waals surface area contributed by atoms with Crippen LogP contribution in [0.1, 0.15) is 21.5 Å². The Morgan fingerprint density at radius 1 is 1.11 bits per heavy atom. The van der Waals surface area contributed by atoms with E-state index in [9.17, 15) is 14.4 Å². The summed E-state index contributed by atoms with van der Waals surface area (Å²) in [5.74, 6) is 0.622. The summed E-state index contributed by atoms with van der Waals surface area (Å²) in [6, 6.07) is 9.23. The number of piperazine rings is 1. The smallest absolute Gasteiger partial charge is 0.255 e. The number of aromatic nitrogens is 3. The molecule has 11 heteroatoms. The van der Waals surface area contributed by atoms with Gasteiger partial charge in [-0.3, -0.25) is 9.89 Å². The van der Waals surface area contributed by atoms with Crippen LogP contribution < -0.4 is 15.5 Å². The van der Waals surface area contributed by atoms with Gasteiger partial charge >= 0.3 is 0 Å². The van der Waals surface area contributed by atoms with E-state index in [0.29, 0.717) is 40.8 Å². The number of likely N-dealkylation sites (N-methyl/N-ethyl adjacent to an activating group) is 2. The first-order valence-electron chi connectivity index (χ1n) is 11.4. The molecule has 1 amide bonds. The highest BCUT2D eigenvalue weighted by Crippen LogP contribution is 2.31. The van der Waals surface area contributed by atoms with Crippen molar-refractivity contribution in [2.24, 2.45) is 0 Å². The predicted molar refractivity (Wildman–Crippen MR) is 131 cm³/mol. The van der Waals surface area contributed by atoms with E-state index in [1.54, 1.807) is 18.0 Å². The van der Waals surface area contributed by atoms with Gasteiger partial charge in [0.2, 0.25) is 0 Å². The van der Waals surface area contributed by atoms with Gasteiger partial charge in [0.15, 0.2) is 11.6 Å². The summed E-state index contributed by atoms with van der Waals surface area (Å²) in [6.07, 6.45) is 1.83. The number of benzene rings is 1. The molecule has 2 aliphatic heterocycles. The lowest BCUT2D eigenvalue weighted by Crippen LogP contribution is -2.44. The van der Waals surface area contributed by atoms with Gasteiger partial charge in [0, 0.05) is 45.8 Å². The van der Waals surface area contributed by atoms with Crippen LogP contribution in [0.15, 0.2) is 30.5 Å². The van der Waals surface area contributed by atoms with Crippen molar-refractivity contribution in [2.75, 3.05) is 62.4 Å². The van der Waals surface area contributed by atoms with Crippen molar-refractivity contribution in [3.8, 4) is 6.07 Å². The van der Waals surface area contributed by atoms with Crippen LogP contribution in [-0.2, 0) is 6.42 Å². The minimum absolute atomic E-state index is 0.103. The Morgan fingerprint density at radius 3 is 2.69 bits per heavy atom. The number of nitrogens with one attached hydrogen (secondary N) is 3. The number of carbonyl (C=O) groups is 1. The zero-order valence-electron chi connectivity index (χ0n) is 19.6. The number of hydrogen-bond acceptors (Lipinski definition) is 8. The molecule has 0 unspecified atom stereocenters. The molecular weight excluding hydrogens is 449 g/mol. The fraction of sp³-hybridized carbons (Fsp3) is 0.333. The van der Waals surface area contributed by atoms with E-state index < -0.39 is 5.82 Å². The normalized spacial score (nSPS) is 16.1. The monoisotopic (exact) mass is 475 g/mol. The minimum atomic E-state index is -0.564. The van der Waals surface area contributed by atoms with Gasteiger partial charge in [-0.1, -0.05) is 12.1 Å². The molecule has 1 aromatic carbocycles. The summed E-state index contributed by atoms with van der Waals surface area (Å²) in [6.45, 7) is 4.00. The Hall–Kier alpha value is -4.17. The predicted octanol–water partition coefficient (Wildman–Crippen LogP) is 2.68. The van der Waals surface area contributed by atoms with Crippen LogP contribution in [0.3, 0.4) is 0 Å². The zero-order valence-corrected chi connectivity index (χ0v) is 19.6. The van der Waals surface area contributed by atoms with Gasteiger partial charge in [0.25, 0.3) is 5.91 Å². The van der Waals surface area contributed by atoms with Crippen LogP contribution in [0.25, 0.3) is 0 Å². The first-order valence-corrected chi connectivity index (χ1v) is 11.4. The van der Waals surface area contributed by atoms with Crippen LogP contribution in [-0.4, -0.2) is 77.7 Å². The molecule has 2 aliphatic rings. The Morgan fingerprint density at radius 2 is 1.91 bits per heavy atom. The standard InChI is InChI=1S/C24H26FN9O/c1-32-8-10-34(11-9-32)23-16(13-26)22(30-31-23)29-20-12-19(17(25)14-27-20)28-18-5-3-4-15-6-7-33(2)24(35)21(15)18/h3-5,12,14H,6-11H2,1-2H3,(H3,27,28,29,30,31). The average Bonchev–Trinajstić information content (AvgIpc) is 3.26. The van der Waals surface area contributed by atoms with Gasteiger partial charge < -0.3 is 25.3 Å². The lowest BCUT2D eigenvalue weighted by Gasteiger charge is -2.32. The molecule has 180 valence electrons. The second-order valence-corrected chi connectivity index (χ2v) is 8.81. The number of H-pyrrole nitrogens is 1. The third-order valence-corrected chi connectivity index (χ3v) is 6.48. The molecule has 0 bridgehead atoms. The molecule has 1 fully saturated rings. The molecule has 0 saturated carbocycles. The van der Waals surface area contributed by atoms with E-state index in [4.69, 9.17) is 0 Å². The fourth-order valence-electron chi connectivity index (χ4n) is 4.40. The third kappa shape index (κ3) is 4.36. The molecule has 0 spiro atoms. The molecule has 4 heterocycles. The molecule has 3 aromatic rings. The molecule has 10 nitrogen and oxygen atoms in total. The second kappa shape index (κ2) is 9.23. The number of fused-ring (bicyclic) bond motifs is 1. The Balaban J connectivity index is 1.40. The molecule has 35 heavy (non-hydrogen) atoms. The maximum Gasteiger partial charge on any atom is 0.255 e.